The van der Waals surface area contributed by atoms with Crippen molar-refractivity contribution in [3.8, 4) is 11.1 Å². The third-order valence-corrected chi connectivity index (χ3v) is 9.04. The Morgan fingerprint density at radius 3 is 2.47 bits per heavy atom. The van der Waals surface area contributed by atoms with Crippen molar-refractivity contribution in [2.45, 2.75) is 90.8 Å². The van der Waals surface area contributed by atoms with Gasteiger partial charge in [0.25, 0.3) is 5.91 Å². The Morgan fingerprint density at radius 2 is 1.81 bits per heavy atom. The predicted octanol–water partition coefficient (Wildman–Crippen LogP) is 5.95. The van der Waals surface area contributed by atoms with Crippen LogP contribution in [0.1, 0.15) is 86.7 Å². The second kappa shape index (κ2) is 17.6. The van der Waals surface area contributed by atoms with Crippen molar-refractivity contribution in [2.24, 2.45) is 11.8 Å². The molecule has 0 aliphatic heterocycles. The first-order chi connectivity index (χ1) is 20.5. The minimum absolute atomic E-state index is 0.207. The SMILES string of the molecule is Cc1ccccc1-c1cc(CN(C)C(COCCC(C)C)CC2CCCCC2)ccc1C(=O)NC(CCS(=O)[O-])C(=O)O. The first kappa shape index (κ1) is 34.9. The van der Waals surface area contributed by atoms with E-state index in [0.717, 1.165) is 41.7 Å². The minimum atomic E-state index is -2.40. The van der Waals surface area contributed by atoms with Gasteiger partial charge >= 0.3 is 5.97 Å². The Labute approximate surface area is 259 Å². The molecule has 1 aliphatic carbocycles. The molecule has 3 unspecified atom stereocenters. The van der Waals surface area contributed by atoms with E-state index in [1.807, 2.05) is 43.3 Å². The van der Waals surface area contributed by atoms with Gasteiger partial charge in [0.1, 0.15) is 6.04 Å². The van der Waals surface area contributed by atoms with Crippen LogP contribution >= 0.6 is 0 Å². The molecule has 0 heterocycles. The number of benzene rings is 2. The Balaban J connectivity index is 1.85. The van der Waals surface area contributed by atoms with Crippen LogP contribution in [0.4, 0.5) is 0 Å². The molecule has 2 N–H and O–H groups in total. The van der Waals surface area contributed by atoms with E-state index in [0.29, 0.717) is 30.6 Å². The highest BCUT2D eigenvalue weighted by molar-refractivity contribution is 7.79. The molecule has 2 aromatic carbocycles. The van der Waals surface area contributed by atoms with E-state index < -0.39 is 29.0 Å². The molecule has 8 nitrogen and oxygen atoms in total. The summed E-state index contributed by atoms with van der Waals surface area (Å²) in [5.74, 6) is -0.850. The van der Waals surface area contributed by atoms with Crippen molar-refractivity contribution in [3.63, 3.8) is 0 Å². The zero-order valence-corrected chi connectivity index (χ0v) is 27.0. The third-order valence-electron chi connectivity index (χ3n) is 8.48. The van der Waals surface area contributed by atoms with E-state index in [2.05, 4.69) is 31.1 Å². The average molecular weight is 614 g/mol. The smallest absolute Gasteiger partial charge is 0.326 e. The van der Waals surface area contributed by atoms with E-state index in [4.69, 9.17) is 4.74 Å². The molecule has 0 aromatic heterocycles. The van der Waals surface area contributed by atoms with E-state index in [9.17, 15) is 23.5 Å². The molecule has 3 atom stereocenters. The Morgan fingerprint density at radius 1 is 1.09 bits per heavy atom. The summed E-state index contributed by atoms with van der Waals surface area (Å²) in [6, 6.07) is 12.5. The van der Waals surface area contributed by atoms with Crippen molar-refractivity contribution in [1.82, 2.24) is 10.2 Å². The van der Waals surface area contributed by atoms with Crippen LogP contribution < -0.4 is 5.32 Å². The Bertz CT molecular complexity index is 1210. The molecule has 0 spiro atoms. The maximum atomic E-state index is 13.4. The van der Waals surface area contributed by atoms with Gasteiger partial charge in [-0.25, -0.2) is 4.79 Å². The topological polar surface area (TPSA) is 119 Å². The Hall–Kier alpha value is -2.59. The van der Waals surface area contributed by atoms with Crippen molar-refractivity contribution in [1.29, 1.82) is 0 Å². The second-order valence-corrected chi connectivity index (χ2v) is 13.4. The number of hydrogen-bond acceptors (Lipinski definition) is 6. The fraction of sp³-hybridized carbons (Fsp3) is 0.588. The number of nitrogens with zero attached hydrogens (tertiary/aromatic N) is 1. The van der Waals surface area contributed by atoms with E-state index in [-0.39, 0.29) is 18.2 Å². The number of carbonyl (C=O) groups excluding carboxylic acids is 1. The molecule has 238 valence electrons. The highest BCUT2D eigenvalue weighted by atomic mass is 32.2. The molecular formula is C34H49N2O6S-. The molecule has 1 fully saturated rings. The van der Waals surface area contributed by atoms with Crippen LogP contribution in [0.5, 0.6) is 0 Å². The summed E-state index contributed by atoms with van der Waals surface area (Å²) in [7, 11) is 2.14. The molecule has 9 heteroatoms. The number of aryl methyl sites for hydroxylation is 1. The molecule has 1 saturated carbocycles. The third kappa shape index (κ3) is 11.4. The van der Waals surface area contributed by atoms with E-state index in [1.54, 1.807) is 6.07 Å². The van der Waals surface area contributed by atoms with Crippen molar-refractivity contribution in [3.05, 3.63) is 59.2 Å². The summed E-state index contributed by atoms with van der Waals surface area (Å²) < 4.78 is 28.2. The number of rotatable bonds is 17. The average Bonchev–Trinajstić information content (AvgIpc) is 2.97. The van der Waals surface area contributed by atoms with Crippen LogP contribution in [-0.4, -0.2) is 68.7 Å². The van der Waals surface area contributed by atoms with Crippen molar-refractivity contribution < 1.29 is 28.2 Å². The molecule has 0 radical (unpaired) electrons. The van der Waals surface area contributed by atoms with Gasteiger partial charge < -0.3 is 19.7 Å². The van der Waals surface area contributed by atoms with E-state index >= 15 is 0 Å². The molecule has 3 rings (SSSR count). The number of hydrogen-bond donors (Lipinski definition) is 2. The van der Waals surface area contributed by atoms with E-state index in [1.165, 1.54) is 32.1 Å². The lowest BCUT2D eigenvalue weighted by Gasteiger charge is -2.33. The highest BCUT2D eigenvalue weighted by Gasteiger charge is 2.25. The molecule has 2 aromatic rings. The fourth-order valence-corrected chi connectivity index (χ4v) is 6.26. The van der Waals surface area contributed by atoms with Crippen LogP contribution in [0.2, 0.25) is 0 Å². The summed E-state index contributed by atoms with van der Waals surface area (Å²) in [6.45, 7) is 8.53. The molecule has 43 heavy (non-hydrogen) atoms. The number of likely N-dealkylation sites (N-methyl/N-ethyl adjacent to an activating group) is 1. The number of aliphatic carboxylic acids is 1. The molecule has 1 aliphatic rings. The fourth-order valence-electron chi connectivity index (χ4n) is 5.83. The zero-order chi connectivity index (χ0) is 31.4. The van der Waals surface area contributed by atoms with Crippen LogP contribution in [0.3, 0.4) is 0 Å². The quantitative estimate of drug-likeness (QED) is 0.167. The molecule has 0 saturated heterocycles. The van der Waals surface area contributed by atoms with Gasteiger partial charge in [0.15, 0.2) is 0 Å². The van der Waals surface area contributed by atoms with Gasteiger partial charge in [-0.2, -0.15) is 0 Å². The standard InChI is InChI=1S/C34H50N2O6S/c1-24(2)16-18-42-23-28(20-26-11-6-5-7-12-26)36(4)22-27-14-15-30(31(21-27)29-13-9-8-10-25(29)3)33(37)35-32(34(38)39)17-19-43(40)41/h8-10,13-15,21,24,26,28,32H,5-7,11-12,16-20,22-23H2,1-4H3,(H,35,37)(H,38,39)(H,40,41)/p-1. The monoisotopic (exact) mass is 613 g/mol. The maximum Gasteiger partial charge on any atom is 0.326 e. The van der Waals surface area contributed by atoms with Crippen LogP contribution in [0.15, 0.2) is 42.5 Å². The first-order valence-corrected chi connectivity index (χ1v) is 16.9. The van der Waals surface area contributed by atoms with Gasteiger partial charge in [0.05, 0.1) is 6.61 Å². The minimum Gasteiger partial charge on any atom is -0.772 e. The molecule has 1 amide bonds. The van der Waals surface area contributed by atoms with Gasteiger partial charge in [0.2, 0.25) is 0 Å². The van der Waals surface area contributed by atoms with Crippen molar-refractivity contribution >= 4 is 23.0 Å². The van der Waals surface area contributed by atoms with Crippen molar-refractivity contribution in [2.75, 3.05) is 26.0 Å². The van der Waals surface area contributed by atoms with Crippen LogP contribution in [0, 0.1) is 18.8 Å². The summed E-state index contributed by atoms with van der Waals surface area (Å²) in [4.78, 5) is 27.5. The number of carbonyl (C=O) groups is 2. The summed E-state index contributed by atoms with van der Waals surface area (Å²) in [5, 5.41) is 12.1. The van der Waals surface area contributed by atoms with Gasteiger partial charge in [-0.15, -0.1) is 0 Å². The Kier molecular flexibility index (Phi) is 14.3. The largest absolute Gasteiger partial charge is 0.772 e. The number of ether oxygens (including phenoxy) is 1. The number of amides is 1. The lowest BCUT2D eigenvalue weighted by molar-refractivity contribution is -0.139. The lowest BCUT2D eigenvalue weighted by Crippen LogP contribution is -2.41. The molecular weight excluding hydrogens is 564 g/mol. The maximum absolute atomic E-state index is 13.4. The summed E-state index contributed by atoms with van der Waals surface area (Å²) in [6.07, 6.45) is 8.43. The van der Waals surface area contributed by atoms with Crippen LogP contribution in [-0.2, 0) is 27.2 Å². The molecule has 0 bridgehead atoms. The van der Waals surface area contributed by atoms with Gasteiger partial charge in [-0.05, 0) is 79.5 Å². The first-order valence-electron chi connectivity index (χ1n) is 15.6. The zero-order valence-electron chi connectivity index (χ0n) is 26.2. The van der Waals surface area contributed by atoms with Gasteiger partial charge in [0, 0.05) is 30.5 Å². The highest BCUT2D eigenvalue weighted by Crippen LogP contribution is 2.31. The number of carboxylic acid groups (broad SMARTS) is 1. The van der Waals surface area contributed by atoms with Gasteiger partial charge in [-0.1, -0.05) is 87.4 Å². The predicted molar refractivity (Wildman–Crippen MR) is 171 cm³/mol. The second-order valence-electron chi connectivity index (χ2n) is 12.4. The summed E-state index contributed by atoms with van der Waals surface area (Å²) >= 11 is -2.40. The summed E-state index contributed by atoms with van der Waals surface area (Å²) in [5.41, 5.74) is 4.00. The lowest BCUT2D eigenvalue weighted by atomic mass is 9.84. The number of nitrogens with one attached hydrogen (secondary N) is 1. The van der Waals surface area contributed by atoms with Crippen LogP contribution in [0.25, 0.3) is 11.1 Å². The number of carboxylic acids is 1. The normalized spacial score (nSPS) is 16.3. The van der Waals surface area contributed by atoms with Gasteiger partial charge in [-0.3, -0.25) is 13.9 Å².